The zero-order chi connectivity index (χ0) is 15.1. The Balaban J connectivity index is 2.66. The van der Waals surface area contributed by atoms with Gasteiger partial charge in [-0.3, -0.25) is 4.79 Å². The highest BCUT2D eigenvalue weighted by molar-refractivity contribution is 5.76. The average Bonchev–Trinajstić information content (AvgIpc) is 2.35. The number of benzene rings is 1. The van der Waals surface area contributed by atoms with Gasteiger partial charge >= 0.3 is 12.0 Å². The van der Waals surface area contributed by atoms with Gasteiger partial charge in [-0.2, -0.15) is 0 Å². The number of nitrogens with zero attached hydrogens (tertiary/aromatic N) is 1. The Bertz CT molecular complexity index is 446. The fourth-order valence-corrected chi connectivity index (χ4v) is 1.88. The minimum Gasteiger partial charge on any atom is -0.481 e. The third-order valence-electron chi connectivity index (χ3n) is 2.93. The molecule has 0 aromatic heterocycles. The van der Waals surface area contributed by atoms with Crippen molar-refractivity contribution in [3.8, 4) is 0 Å². The fourth-order valence-electron chi connectivity index (χ4n) is 1.88. The molecule has 0 saturated heterocycles. The molecule has 0 saturated carbocycles. The van der Waals surface area contributed by atoms with Crippen LogP contribution in [0.25, 0.3) is 0 Å². The van der Waals surface area contributed by atoms with Crippen LogP contribution >= 0.6 is 0 Å². The van der Waals surface area contributed by atoms with Gasteiger partial charge in [0.25, 0.3) is 0 Å². The molecule has 5 heteroatoms. The van der Waals surface area contributed by atoms with Gasteiger partial charge in [0.1, 0.15) is 0 Å². The van der Waals surface area contributed by atoms with E-state index in [1.165, 1.54) is 0 Å². The third-order valence-corrected chi connectivity index (χ3v) is 2.93. The largest absolute Gasteiger partial charge is 0.481 e. The van der Waals surface area contributed by atoms with Gasteiger partial charge in [-0.1, -0.05) is 30.3 Å². The highest BCUT2D eigenvalue weighted by atomic mass is 16.4. The van der Waals surface area contributed by atoms with Crippen molar-refractivity contribution < 1.29 is 14.7 Å². The Morgan fingerprint density at radius 3 is 2.30 bits per heavy atom. The Hall–Kier alpha value is -2.04. The number of hydrogen-bond acceptors (Lipinski definition) is 2. The highest BCUT2D eigenvalue weighted by Crippen LogP contribution is 2.09. The van der Waals surface area contributed by atoms with E-state index in [4.69, 9.17) is 5.11 Å². The van der Waals surface area contributed by atoms with Gasteiger partial charge in [-0.05, 0) is 26.3 Å². The Morgan fingerprint density at radius 1 is 1.20 bits per heavy atom. The number of carbonyl (C=O) groups excluding carboxylic acids is 1. The second-order valence-electron chi connectivity index (χ2n) is 5.16. The molecule has 1 aromatic rings. The fraction of sp³-hybridized carbons (Fsp3) is 0.467. The summed E-state index contributed by atoms with van der Waals surface area (Å²) in [7, 11) is 0. The maximum atomic E-state index is 12.2. The molecule has 0 aliphatic rings. The van der Waals surface area contributed by atoms with E-state index in [1.54, 1.807) is 11.8 Å². The molecular formula is C15H22N2O3. The normalized spacial score (nSPS) is 12.0. The topological polar surface area (TPSA) is 69.6 Å². The molecule has 0 bridgehead atoms. The van der Waals surface area contributed by atoms with Crippen molar-refractivity contribution in [2.75, 3.05) is 0 Å². The van der Waals surface area contributed by atoms with Crippen LogP contribution in [0.4, 0.5) is 4.79 Å². The van der Waals surface area contributed by atoms with Crippen molar-refractivity contribution >= 4 is 12.0 Å². The van der Waals surface area contributed by atoms with Crippen LogP contribution in [0.2, 0.25) is 0 Å². The van der Waals surface area contributed by atoms with Gasteiger partial charge in [0.15, 0.2) is 0 Å². The van der Waals surface area contributed by atoms with Crippen molar-refractivity contribution in [1.29, 1.82) is 0 Å². The first kappa shape index (κ1) is 16.0. The van der Waals surface area contributed by atoms with E-state index in [0.717, 1.165) is 5.56 Å². The van der Waals surface area contributed by atoms with Crippen molar-refractivity contribution in [3.05, 3.63) is 35.9 Å². The maximum absolute atomic E-state index is 12.2. The summed E-state index contributed by atoms with van der Waals surface area (Å²) in [6, 6.07) is 9.12. The van der Waals surface area contributed by atoms with Crippen LogP contribution in [0.1, 0.15) is 32.8 Å². The van der Waals surface area contributed by atoms with Crippen LogP contribution in [-0.4, -0.2) is 34.1 Å². The second kappa shape index (κ2) is 7.53. The summed E-state index contributed by atoms with van der Waals surface area (Å²) in [5.74, 6) is -0.919. The SMILES string of the molecule is CC(CC(=O)O)NC(=O)N(Cc1ccccc1)C(C)C. The minimum atomic E-state index is -0.919. The van der Waals surface area contributed by atoms with Crippen molar-refractivity contribution in [2.24, 2.45) is 0 Å². The molecule has 2 amide bonds. The van der Waals surface area contributed by atoms with E-state index in [2.05, 4.69) is 5.32 Å². The molecule has 0 spiro atoms. The molecule has 0 heterocycles. The summed E-state index contributed by atoms with van der Waals surface area (Å²) in [5, 5.41) is 11.4. The molecule has 0 aliphatic heterocycles. The molecule has 0 fully saturated rings. The lowest BCUT2D eigenvalue weighted by Crippen LogP contribution is -2.47. The van der Waals surface area contributed by atoms with Crippen LogP contribution in [0.5, 0.6) is 0 Å². The highest BCUT2D eigenvalue weighted by Gasteiger charge is 2.19. The van der Waals surface area contributed by atoms with E-state index in [0.29, 0.717) is 6.54 Å². The summed E-state index contributed by atoms with van der Waals surface area (Å²) in [4.78, 5) is 24.5. The minimum absolute atomic E-state index is 0.0345. The molecule has 5 nitrogen and oxygen atoms in total. The molecular weight excluding hydrogens is 256 g/mol. The number of rotatable bonds is 6. The summed E-state index contributed by atoms with van der Waals surface area (Å²) >= 11 is 0. The maximum Gasteiger partial charge on any atom is 0.318 e. The van der Waals surface area contributed by atoms with Gasteiger partial charge in [-0.15, -0.1) is 0 Å². The predicted molar refractivity (Wildman–Crippen MR) is 77.4 cm³/mol. The zero-order valence-electron chi connectivity index (χ0n) is 12.2. The number of urea groups is 1. The monoisotopic (exact) mass is 278 g/mol. The molecule has 0 radical (unpaired) electrons. The number of aliphatic carboxylic acids is 1. The molecule has 1 aromatic carbocycles. The molecule has 1 atom stereocenters. The predicted octanol–water partition coefficient (Wildman–Crippen LogP) is 2.47. The van der Waals surface area contributed by atoms with Gasteiger partial charge in [-0.25, -0.2) is 4.79 Å². The second-order valence-corrected chi connectivity index (χ2v) is 5.16. The van der Waals surface area contributed by atoms with Crippen molar-refractivity contribution in [2.45, 2.75) is 45.8 Å². The number of carboxylic acid groups (broad SMARTS) is 1. The Labute approximate surface area is 119 Å². The van der Waals surface area contributed by atoms with E-state index in [9.17, 15) is 9.59 Å². The number of hydrogen-bond donors (Lipinski definition) is 2. The van der Waals surface area contributed by atoms with Gasteiger partial charge < -0.3 is 15.3 Å². The summed E-state index contributed by atoms with van der Waals surface area (Å²) in [6.07, 6.45) is -0.0803. The zero-order valence-corrected chi connectivity index (χ0v) is 12.2. The molecule has 110 valence electrons. The van der Waals surface area contributed by atoms with Crippen molar-refractivity contribution in [1.82, 2.24) is 10.2 Å². The molecule has 1 rings (SSSR count). The van der Waals surface area contributed by atoms with E-state index in [-0.39, 0.29) is 18.5 Å². The lowest BCUT2D eigenvalue weighted by molar-refractivity contribution is -0.137. The van der Waals surface area contributed by atoms with Gasteiger partial charge in [0.05, 0.1) is 6.42 Å². The first-order chi connectivity index (χ1) is 9.40. The van der Waals surface area contributed by atoms with Crippen LogP contribution in [0, 0.1) is 0 Å². The van der Waals surface area contributed by atoms with E-state index in [1.807, 2.05) is 44.2 Å². The lowest BCUT2D eigenvalue weighted by Gasteiger charge is -2.28. The van der Waals surface area contributed by atoms with Gasteiger partial charge in [0.2, 0.25) is 0 Å². The Morgan fingerprint density at radius 2 is 1.80 bits per heavy atom. The van der Waals surface area contributed by atoms with E-state index >= 15 is 0 Å². The smallest absolute Gasteiger partial charge is 0.318 e. The molecule has 20 heavy (non-hydrogen) atoms. The van der Waals surface area contributed by atoms with Crippen LogP contribution < -0.4 is 5.32 Å². The van der Waals surface area contributed by atoms with Gasteiger partial charge in [0, 0.05) is 18.6 Å². The van der Waals surface area contributed by atoms with E-state index < -0.39 is 12.0 Å². The van der Waals surface area contributed by atoms with Crippen LogP contribution in [0.3, 0.4) is 0 Å². The summed E-state index contributed by atoms with van der Waals surface area (Å²) < 4.78 is 0. The number of amides is 2. The molecule has 1 unspecified atom stereocenters. The number of nitrogens with one attached hydrogen (secondary N) is 1. The lowest BCUT2D eigenvalue weighted by atomic mass is 10.2. The number of carbonyl (C=O) groups is 2. The third kappa shape index (κ3) is 5.30. The Kier molecular flexibility index (Phi) is 6.03. The quantitative estimate of drug-likeness (QED) is 0.839. The summed E-state index contributed by atoms with van der Waals surface area (Å²) in [6.45, 7) is 6.06. The van der Waals surface area contributed by atoms with Crippen molar-refractivity contribution in [3.63, 3.8) is 0 Å². The number of carboxylic acids is 1. The standard InChI is InChI=1S/C15H22N2O3/c1-11(2)17(10-13-7-5-4-6-8-13)15(20)16-12(3)9-14(18)19/h4-8,11-12H,9-10H2,1-3H3,(H,16,20)(H,18,19). The first-order valence-corrected chi connectivity index (χ1v) is 6.73. The first-order valence-electron chi connectivity index (χ1n) is 6.73. The summed E-state index contributed by atoms with van der Waals surface area (Å²) in [5.41, 5.74) is 1.04. The van der Waals surface area contributed by atoms with Crippen LogP contribution in [0.15, 0.2) is 30.3 Å². The molecule has 0 aliphatic carbocycles. The molecule has 2 N–H and O–H groups in total. The average molecular weight is 278 g/mol. The van der Waals surface area contributed by atoms with Crippen LogP contribution in [-0.2, 0) is 11.3 Å².